The minimum Gasteiger partial charge on any atom is -0.390 e. The molecule has 0 fully saturated rings. The van der Waals surface area contributed by atoms with E-state index in [0.717, 1.165) is 12.8 Å². The number of hydrogen-bond donors (Lipinski definition) is 1. The van der Waals surface area contributed by atoms with Gasteiger partial charge in [-0.2, -0.15) is 0 Å². The van der Waals surface area contributed by atoms with Crippen molar-refractivity contribution in [1.82, 2.24) is 0 Å². The van der Waals surface area contributed by atoms with Gasteiger partial charge >= 0.3 is 0 Å². The average molecular weight is 142 g/mol. The molecule has 0 aliphatic rings. The predicted molar refractivity (Wildman–Crippen MR) is 42.7 cm³/mol. The normalized spacial score (nSPS) is 11.1. The van der Waals surface area contributed by atoms with Gasteiger partial charge in [-0.1, -0.05) is 24.7 Å². The first-order chi connectivity index (χ1) is 4.81. The van der Waals surface area contributed by atoms with Gasteiger partial charge in [0.2, 0.25) is 0 Å². The Balaban J connectivity index is 3.36. The Morgan fingerprint density at radius 3 is 3.00 bits per heavy atom. The first-order valence-electron chi connectivity index (χ1n) is 3.36. The molecule has 0 aromatic heterocycles. The fourth-order valence-corrected chi connectivity index (χ4v) is 0.475. The summed E-state index contributed by atoms with van der Waals surface area (Å²) in [5.41, 5.74) is 5.42. The van der Waals surface area contributed by atoms with Gasteiger partial charge in [-0.25, -0.2) is 0 Å². The van der Waals surface area contributed by atoms with E-state index in [1.807, 2.05) is 6.92 Å². The van der Waals surface area contributed by atoms with E-state index in [1.54, 1.807) is 6.08 Å². The first kappa shape index (κ1) is 9.01. The third-order valence-electron chi connectivity index (χ3n) is 0.880. The van der Waals surface area contributed by atoms with Gasteiger partial charge in [0.1, 0.15) is 12.4 Å². The largest absolute Gasteiger partial charge is 0.390 e. The summed E-state index contributed by atoms with van der Waals surface area (Å²) in [6, 6.07) is 0. The van der Waals surface area contributed by atoms with Crippen molar-refractivity contribution in [3.05, 3.63) is 12.7 Å². The van der Waals surface area contributed by atoms with E-state index in [-0.39, 0.29) is 0 Å². The van der Waals surface area contributed by atoms with Gasteiger partial charge in [-0.3, -0.25) is 0 Å². The molecule has 0 atom stereocenters. The molecule has 0 bridgehead atoms. The highest BCUT2D eigenvalue weighted by atomic mass is 16.6. The SMILES string of the molecule is C=CCO/N=C(\N)CCC. The number of nitrogens with zero attached hydrogens (tertiary/aromatic N) is 1. The lowest BCUT2D eigenvalue weighted by Crippen LogP contribution is -2.11. The number of oxime groups is 1. The third-order valence-corrected chi connectivity index (χ3v) is 0.880. The van der Waals surface area contributed by atoms with Crippen molar-refractivity contribution in [1.29, 1.82) is 0 Å². The summed E-state index contributed by atoms with van der Waals surface area (Å²) >= 11 is 0. The smallest absolute Gasteiger partial charge is 0.139 e. The summed E-state index contributed by atoms with van der Waals surface area (Å²) in [5, 5.41) is 3.63. The quantitative estimate of drug-likeness (QED) is 0.206. The number of nitrogens with two attached hydrogens (primary N) is 1. The Labute approximate surface area is 61.5 Å². The molecule has 0 saturated carbocycles. The minimum atomic E-state index is 0.421. The van der Waals surface area contributed by atoms with E-state index in [4.69, 9.17) is 10.6 Å². The van der Waals surface area contributed by atoms with Crippen LogP contribution in [0.1, 0.15) is 19.8 Å². The van der Waals surface area contributed by atoms with E-state index >= 15 is 0 Å². The number of amidine groups is 1. The molecule has 0 radical (unpaired) electrons. The van der Waals surface area contributed by atoms with Crippen molar-refractivity contribution in [2.24, 2.45) is 10.9 Å². The molecule has 3 heteroatoms. The molecule has 0 aromatic rings. The zero-order valence-electron chi connectivity index (χ0n) is 6.34. The Bertz CT molecular complexity index is 121. The first-order valence-corrected chi connectivity index (χ1v) is 3.36. The second-order valence-corrected chi connectivity index (χ2v) is 1.92. The summed E-state index contributed by atoms with van der Waals surface area (Å²) in [7, 11) is 0. The zero-order chi connectivity index (χ0) is 7.82. The summed E-state index contributed by atoms with van der Waals surface area (Å²) in [5.74, 6) is 0.546. The average Bonchev–Trinajstić information content (AvgIpc) is 1.89. The minimum absolute atomic E-state index is 0.421. The molecular weight excluding hydrogens is 128 g/mol. The van der Waals surface area contributed by atoms with Crippen molar-refractivity contribution in [2.75, 3.05) is 6.61 Å². The molecule has 0 aromatic carbocycles. The molecule has 0 amide bonds. The maximum absolute atomic E-state index is 5.42. The highest BCUT2D eigenvalue weighted by Crippen LogP contribution is 1.87. The molecule has 0 saturated heterocycles. The molecule has 0 rings (SSSR count). The fourth-order valence-electron chi connectivity index (χ4n) is 0.475. The van der Waals surface area contributed by atoms with Crippen molar-refractivity contribution < 1.29 is 4.84 Å². The number of hydrogen-bond acceptors (Lipinski definition) is 2. The van der Waals surface area contributed by atoms with E-state index in [9.17, 15) is 0 Å². The van der Waals surface area contributed by atoms with Crippen LogP contribution in [-0.2, 0) is 4.84 Å². The number of rotatable bonds is 5. The monoisotopic (exact) mass is 142 g/mol. The van der Waals surface area contributed by atoms with Crippen LogP contribution in [0.2, 0.25) is 0 Å². The maximum Gasteiger partial charge on any atom is 0.139 e. The second-order valence-electron chi connectivity index (χ2n) is 1.92. The van der Waals surface area contributed by atoms with Gasteiger partial charge in [-0.05, 0) is 6.42 Å². The lowest BCUT2D eigenvalue weighted by molar-refractivity contribution is 0.173. The predicted octanol–water partition coefficient (Wildman–Crippen LogP) is 1.26. The van der Waals surface area contributed by atoms with Crippen LogP contribution in [0.25, 0.3) is 0 Å². The Kier molecular flexibility index (Phi) is 5.53. The molecule has 0 spiro atoms. The lowest BCUT2D eigenvalue weighted by Gasteiger charge is -1.96. The van der Waals surface area contributed by atoms with E-state index in [0.29, 0.717) is 12.4 Å². The van der Waals surface area contributed by atoms with Gasteiger partial charge in [-0.15, -0.1) is 0 Å². The third kappa shape index (κ3) is 5.15. The fraction of sp³-hybridized carbons (Fsp3) is 0.571. The molecule has 10 heavy (non-hydrogen) atoms. The topological polar surface area (TPSA) is 47.6 Å². The Hall–Kier alpha value is -0.990. The van der Waals surface area contributed by atoms with Crippen LogP contribution in [-0.4, -0.2) is 12.4 Å². The van der Waals surface area contributed by atoms with Crippen molar-refractivity contribution >= 4 is 5.84 Å². The zero-order valence-corrected chi connectivity index (χ0v) is 6.34. The lowest BCUT2D eigenvalue weighted by atomic mass is 10.3. The van der Waals surface area contributed by atoms with Crippen LogP contribution in [0.15, 0.2) is 17.8 Å². The van der Waals surface area contributed by atoms with Crippen LogP contribution in [0.5, 0.6) is 0 Å². The molecular formula is C7H14N2O. The molecule has 0 heterocycles. The van der Waals surface area contributed by atoms with Gasteiger partial charge in [0.15, 0.2) is 0 Å². The van der Waals surface area contributed by atoms with Gasteiger partial charge < -0.3 is 10.6 Å². The van der Waals surface area contributed by atoms with Crippen LogP contribution >= 0.6 is 0 Å². The van der Waals surface area contributed by atoms with Crippen molar-refractivity contribution in [3.8, 4) is 0 Å². The highest BCUT2D eigenvalue weighted by molar-refractivity contribution is 5.79. The van der Waals surface area contributed by atoms with E-state index in [1.165, 1.54) is 0 Å². The maximum atomic E-state index is 5.42. The van der Waals surface area contributed by atoms with Crippen molar-refractivity contribution in [3.63, 3.8) is 0 Å². The molecule has 58 valence electrons. The molecule has 3 nitrogen and oxygen atoms in total. The highest BCUT2D eigenvalue weighted by Gasteiger charge is 1.87. The molecule has 0 aliphatic heterocycles. The van der Waals surface area contributed by atoms with Crippen LogP contribution in [0.3, 0.4) is 0 Å². The summed E-state index contributed by atoms with van der Waals surface area (Å²) < 4.78 is 0. The van der Waals surface area contributed by atoms with Gasteiger partial charge in [0.05, 0.1) is 0 Å². The molecule has 2 N–H and O–H groups in total. The van der Waals surface area contributed by atoms with Crippen molar-refractivity contribution in [2.45, 2.75) is 19.8 Å². The summed E-state index contributed by atoms with van der Waals surface area (Å²) in [4.78, 5) is 4.74. The van der Waals surface area contributed by atoms with Gasteiger partial charge in [0, 0.05) is 6.42 Å². The molecule has 0 aliphatic carbocycles. The Morgan fingerprint density at radius 2 is 2.50 bits per heavy atom. The van der Waals surface area contributed by atoms with Gasteiger partial charge in [0.25, 0.3) is 0 Å². The van der Waals surface area contributed by atoms with E-state index in [2.05, 4.69) is 11.7 Å². The van der Waals surface area contributed by atoms with Crippen LogP contribution < -0.4 is 5.73 Å². The van der Waals surface area contributed by atoms with Crippen LogP contribution in [0.4, 0.5) is 0 Å². The summed E-state index contributed by atoms with van der Waals surface area (Å²) in [6.45, 7) is 5.93. The van der Waals surface area contributed by atoms with Crippen LogP contribution in [0, 0.1) is 0 Å². The summed E-state index contributed by atoms with van der Waals surface area (Å²) in [6.07, 6.45) is 3.41. The molecule has 0 unspecified atom stereocenters. The van der Waals surface area contributed by atoms with E-state index < -0.39 is 0 Å². The standard InChI is InChI=1S/C7H14N2O/c1-3-5-7(8)9-10-6-4-2/h4H,2-3,5-6H2,1H3,(H2,8,9). The second kappa shape index (κ2) is 6.13. The Morgan fingerprint density at radius 1 is 1.80 bits per heavy atom.